The van der Waals surface area contributed by atoms with E-state index < -0.39 is 29.8 Å². The summed E-state index contributed by atoms with van der Waals surface area (Å²) >= 11 is 0. The van der Waals surface area contributed by atoms with Crippen molar-refractivity contribution in [3.63, 3.8) is 0 Å². The van der Waals surface area contributed by atoms with Gasteiger partial charge in [0.25, 0.3) is 0 Å². The minimum absolute atomic E-state index is 0. The number of rotatable bonds is 4. The maximum Gasteiger partial charge on any atom is 0.573 e. The number of pyridine rings is 1. The van der Waals surface area contributed by atoms with Crippen LogP contribution in [0.1, 0.15) is 25.7 Å². The number of halogens is 4. The lowest BCUT2D eigenvalue weighted by Gasteiger charge is -2.27. The summed E-state index contributed by atoms with van der Waals surface area (Å²) in [6.45, 7) is 0. The van der Waals surface area contributed by atoms with E-state index >= 15 is 0 Å². The van der Waals surface area contributed by atoms with Crippen molar-refractivity contribution in [2.75, 3.05) is 5.32 Å². The molecule has 0 aliphatic carbocycles. The van der Waals surface area contributed by atoms with Gasteiger partial charge in [0, 0.05) is 19.7 Å². The van der Waals surface area contributed by atoms with Gasteiger partial charge in [0.15, 0.2) is 11.6 Å². The molecule has 2 aliphatic rings. The van der Waals surface area contributed by atoms with Gasteiger partial charge in [-0.05, 0) is 42.7 Å². The molecule has 1 N–H and O–H groups in total. The van der Waals surface area contributed by atoms with Crippen molar-refractivity contribution in [2.24, 2.45) is 5.92 Å². The Morgan fingerprint density at radius 3 is 2.61 bits per heavy atom. The first kappa shape index (κ1) is 18.7. The molecule has 28 heavy (non-hydrogen) atoms. The molecule has 0 saturated carbocycles. The fraction of sp³-hybridized carbons (Fsp3) is 0.368. The van der Waals surface area contributed by atoms with Crippen molar-refractivity contribution >= 4 is 11.6 Å². The van der Waals surface area contributed by atoms with Gasteiger partial charge in [-0.3, -0.25) is 9.78 Å². The highest BCUT2D eigenvalue weighted by Crippen LogP contribution is 2.49. The first-order valence-electron chi connectivity index (χ1n) is 8.74. The van der Waals surface area contributed by atoms with E-state index in [1.54, 1.807) is 24.5 Å². The molecule has 2 bridgehead atoms. The van der Waals surface area contributed by atoms with Crippen molar-refractivity contribution in [1.82, 2.24) is 4.98 Å². The predicted molar refractivity (Wildman–Crippen MR) is 92.2 cm³/mol. The summed E-state index contributed by atoms with van der Waals surface area (Å²) in [5.74, 6) is -3.58. The van der Waals surface area contributed by atoms with Crippen LogP contribution in [0.3, 0.4) is 0 Å². The third-order valence-electron chi connectivity index (χ3n) is 5.11. The number of carbonyl (C=O) groups excluding carboxylic acids is 1. The molecule has 4 rings (SSSR count). The van der Waals surface area contributed by atoms with Gasteiger partial charge in [-0.25, -0.2) is 4.39 Å². The van der Waals surface area contributed by atoms with E-state index in [1.165, 1.54) is 12.1 Å². The number of hydrogen-bond acceptors (Lipinski definition) is 4. The van der Waals surface area contributed by atoms with Crippen LogP contribution < -0.4 is 10.1 Å². The Hall–Kier alpha value is -2.68. The van der Waals surface area contributed by atoms with Gasteiger partial charge >= 0.3 is 6.36 Å². The van der Waals surface area contributed by atoms with Crippen LogP contribution in [0.4, 0.5) is 23.2 Å². The highest BCUT2D eigenvalue weighted by atomic mass is 19.4. The SMILES string of the molecule is O=C(Nc1cccc(OC(F)(F)F)c1F)[C@H]1[C@H](c2ccncc2)[C@@H]2CC[C@H]1O2.[HH]. The zero-order chi connectivity index (χ0) is 19.9. The summed E-state index contributed by atoms with van der Waals surface area (Å²) in [6, 6.07) is 6.81. The van der Waals surface area contributed by atoms with Gasteiger partial charge in [-0.2, -0.15) is 0 Å². The number of aromatic nitrogens is 1. The average molecular weight is 398 g/mol. The largest absolute Gasteiger partial charge is 0.573 e. The monoisotopic (exact) mass is 398 g/mol. The molecule has 1 aromatic carbocycles. The minimum atomic E-state index is -5.03. The Bertz CT molecular complexity index is 882. The Balaban J connectivity index is 0.00000240. The summed E-state index contributed by atoms with van der Waals surface area (Å²) in [5, 5.41) is 2.41. The quantitative estimate of drug-likeness (QED) is 0.782. The molecular weight excluding hydrogens is 380 g/mol. The van der Waals surface area contributed by atoms with Gasteiger partial charge in [0.2, 0.25) is 5.91 Å². The first-order chi connectivity index (χ1) is 13.3. The highest BCUT2D eigenvalue weighted by Gasteiger charge is 2.52. The molecule has 2 fully saturated rings. The zero-order valence-electron chi connectivity index (χ0n) is 14.4. The van der Waals surface area contributed by atoms with Gasteiger partial charge < -0.3 is 14.8 Å². The number of carbonyl (C=O) groups is 1. The van der Waals surface area contributed by atoms with Crippen LogP contribution in [0.15, 0.2) is 42.7 Å². The van der Waals surface area contributed by atoms with E-state index in [1.807, 2.05) is 0 Å². The number of amides is 1. The van der Waals surface area contributed by atoms with E-state index in [0.29, 0.717) is 6.42 Å². The molecule has 4 atom stereocenters. The molecule has 1 amide bonds. The van der Waals surface area contributed by atoms with Crippen LogP contribution in [0.5, 0.6) is 5.75 Å². The summed E-state index contributed by atoms with van der Waals surface area (Å²) in [5.41, 5.74) is 0.514. The topological polar surface area (TPSA) is 60.5 Å². The van der Waals surface area contributed by atoms with Gasteiger partial charge in [0.1, 0.15) is 0 Å². The molecule has 2 saturated heterocycles. The minimum Gasteiger partial charge on any atom is -0.403 e. The Kier molecular flexibility index (Phi) is 4.70. The van der Waals surface area contributed by atoms with E-state index in [2.05, 4.69) is 15.0 Å². The van der Waals surface area contributed by atoms with Crippen LogP contribution in [-0.2, 0) is 9.53 Å². The molecule has 5 nitrogen and oxygen atoms in total. The van der Waals surface area contributed by atoms with Crippen LogP contribution in [0.2, 0.25) is 0 Å². The van der Waals surface area contributed by atoms with Crippen molar-refractivity contribution in [3.8, 4) is 5.75 Å². The first-order valence-corrected chi connectivity index (χ1v) is 8.74. The lowest BCUT2D eigenvalue weighted by atomic mass is 9.75. The fourth-order valence-corrected chi connectivity index (χ4v) is 4.05. The second kappa shape index (κ2) is 7.05. The lowest BCUT2D eigenvalue weighted by molar-refractivity contribution is -0.275. The molecular formula is C19H18F4N2O3. The van der Waals surface area contributed by atoms with Crippen molar-refractivity contribution in [2.45, 2.75) is 37.3 Å². The van der Waals surface area contributed by atoms with Crippen LogP contribution in [0.25, 0.3) is 0 Å². The van der Waals surface area contributed by atoms with Gasteiger partial charge in [-0.15, -0.1) is 13.2 Å². The molecule has 2 aromatic rings. The number of nitrogens with zero attached hydrogens (tertiary/aromatic N) is 1. The predicted octanol–water partition coefficient (Wildman–Crippen LogP) is 4.27. The number of ether oxygens (including phenoxy) is 2. The second-order valence-corrected chi connectivity index (χ2v) is 6.78. The van der Waals surface area contributed by atoms with Crippen molar-refractivity contribution in [3.05, 3.63) is 54.1 Å². The normalized spacial score (nSPS) is 26.3. The van der Waals surface area contributed by atoms with E-state index in [4.69, 9.17) is 4.74 Å². The maximum atomic E-state index is 14.4. The molecule has 150 valence electrons. The second-order valence-electron chi connectivity index (χ2n) is 6.78. The van der Waals surface area contributed by atoms with Crippen LogP contribution in [0, 0.1) is 11.7 Å². The van der Waals surface area contributed by atoms with Crippen molar-refractivity contribution < 1.29 is 33.3 Å². The third-order valence-corrected chi connectivity index (χ3v) is 5.11. The molecule has 0 radical (unpaired) electrons. The number of alkyl halides is 3. The fourth-order valence-electron chi connectivity index (χ4n) is 4.05. The molecule has 0 unspecified atom stereocenters. The average Bonchev–Trinajstić information content (AvgIpc) is 3.26. The third kappa shape index (κ3) is 3.54. The van der Waals surface area contributed by atoms with Crippen LogP contribution >= 0.6 is 0 Å². The number of anilines is 1. The summed E-state index contributed by atoms with van der Waals surface area (Å²) < 4.78 is 61.1. The zero-order valence-corrected chi connectivity index (χ0v) is 14.4. The summed E-state index contributed by atoms with van der Waals surface area (Å²) in [7, 11) is 0. The highest BCUT2D eigenvalue weighted by molar-refractivity contribution is 5.94. The standard InChI is InChI=1S/C19H16F4N2O3.H2/c20-17-11(2-1-3-14(17)28-19(21,22)23)25-18(26)16-13-5-4-12(27-13)15(16)10-6-8-24-9-7-10;/h1-3,6-9,12-13,15-16H,4-5H2,(H,25,26);1H/t12-,13+,15+,16+;/m0./s1. The lowest BCUT2D eigenvalue weighted by Crippen LogP contribution is -2.36. The summed E-state index contributed by atoms with van der Waals surface area (Å²) in [4.78, 5) is 16.9. The Morgan fingerprint density at radius 1 is 1.18 bits per heavy atom. The van der Waals surface area contributed by atoms with Gasteiger partial charge in [-0.1, -0.05) is 6.07 Å². The Morgan fingerprint density at radius 2 is 1.89 bits per heavy atom. The Labute approximate surface area is 159 Å². The molecule has 0 spiro atoms. The van der Waals surface area contributed by atoms with E-state index in [0.717, 1.165) is 18.1 Å². The number of hydrogen-bond donors (Lipinski definition) is 1. The maximum absolute atomic E-state index is 14.4. The molecule has 1 aromatic heterocycles. The van der Waals surface area contributed by atoms with E-state index in [9.17, 15) is 22.4 Å². The number of fused-ring (bicyclic) bond motifs is 2. The van der Waals surface area contributed by atoms with E-state index in [-0.39, 0.29) is 25.2 Å². The summed E-state index contributed by atoms with van der Waals surface area (Å²) in [6.07, 6.45) is -0.737. The number of benzene rings is 1. The molecule has 3 heterocycles. The van der Waals surface area contributed by atoms with Crippen molar-refractivity contribution in [1.29, 1.82) is 0 Å². The molecule has 2 aliphatic heterocycles. The number of nitrogens with one attached hydrogen (secondary N) is 1. The van der Waals surface area contributed by atoms with Crippen LogP contribution in [-0.4, -0.2) is 29.5 Å². The van der Waals surface area contributed by atoms with Gasteiger partial charge in [0.05, 0.1) is 23.8 Å². The molecule has 9 heteroatoms. The smallest absolute Gasteiger partial charge is 0.403 e.